The second-order valence-corrected chi connectivity index (χ2v) is 10.6. The zero-order valence-electron chi connectivity index (χ0n) is 17.2. The minimum absolute atomic E-state index is 0.0669. The number of nitrogens with one attached hydrogen (secondary N) is 1. The molecule has 0 fully saturated rings. The standard InChI is InChI=1S/C20H26FN5O2S/c1-19(2)18(22)26-20(3,12-29(19,27)23-4)14-11-13(8-9-15(14)21)25-17-16(28-5)7-6-10-24-17/h6-11H,12H2,1-5H3,(H2,22,26)(H,24,25)/t20-,29?/m0/s1. The Morgan fingerprint density at radius 3 is 2.69 bits per heavy atom. The van der Waals surface area contributed by atoms with Crippen LogP contribution in [0.3, 0.4) is 0 Å². The van der Waals surface area contributed by atoms with Gasteiger partial charge in [-0.1, -0.05) is 0 Å². The molecule has 3 N–H and O–H groups in total. The Bertz CT molecular complexity index is 1090. The van der Waals surface area contributed by atoms with Crippen LogP contribution in [0.15, 0.2) is 45.9 Å². The van der Waals surface area contributed by atoms with Crippen LogP contribution >= 0.6 is 0 Å². The van der Waals surface area contributed by atoms with E-state index in [4.69, 9.17) is 10.5 Å². The molecule has 0 radical (unpaired) electrons. The lowest BCUT2D eigenvalue weighted by atomic mass is 9.92. The maximum atomic E-state index is 14.9. The molecule has 1 aromatic heterocycles. The van der Waals surface area contributed by atoms with Crippen LogP contribution in [-0.2, 0) is 15.3 Å². The van der Waals surface area contributed by atoms with Crippen LogP contribution in [0.1, 0.15) is 26.3 Å². The normalized spacial score (nSPS) is 25.8. The molecule has 2 atom stereocenters. The fraction of sp³-hybridized carbons (Fsp3) is 0.400. The van der Waals surface area contributed by atoms with E-state index >= 15 is 0 Å². The average Bonchev–Trinajstić information content (AvgIpc) is 2.68. The molecule has 0 saturated heterocycles. The van der Waals surface area contributed by atoms with Gasteiger partial charge < -0.3 is 15.8 Å². The predicted molar refractivity (Wildman–Crippen MR) is 115 cm³/mol. The SMILES string of the molecule is CN=S1(=O)C[C@@](C)(c2cc(Nc3ncccc3OC)ccc2F)N=C(N)C1(C)C. The number of aliphatic imine (C=N–C) groups is 1. The fourth-order valence-electron chi connectivity index (χ4n) is 3.39. The molecule has 1 unspecified atom stereocenters. The number of amidine groups is 1. The van der Waals surface area contributed by atoms with Gasteiger partial charge in [0.2, 0.25) is 0 Å². The van der Waals surface area contributed by atoms with Crippen molar-refractivity contribution in [2.24, 2.45) is 15.1 Å². The highest BCUT2D eigenvalue weighted by atomic mass is 32.2. The highest BCUT2D eigenvalue weighted by molar-refractivity contribution is 7.95. The molecule has 0 spiro atoms. The van der Waals surface area contributed by atoms with Crippen LogP contribution in [0.2, 0.25) is 0 Å². The Kier molecular flexibility index (Phi) is 5.29. The van der Waals surface area contributed by atoms with E-state index in [0.717, 1.165) is 0 Å². The van der Waals surface area contributed by atoms with E-state index in [2.05, 4.69) is 19.7 Å². The van der Waals surface area contributed by atoms with E-state index in [1.807, 2.05) is 0 Å². The van der Waals surface area contributed by atoms with Crippen molar-refractivity contribution in [1.29, 1.82) is 0 Å². The summed E-state index contributed by atoms with van der Waals surface area (Å²) in [6.07, 6.45) is 1.63. The second kappa shape index (κ2) is 7.29. The molecule has 9 heteroatoms. The third-order valence-electron chi connectivity index (χ3n) is 5.35. The van der Waals surface area contributed by atoms with Crippen molar-refractivity contribution in [2.75, 3.05) is 25.2 Å². The Morgan fingerprint density at radius 1 is 1.31 bits per heavy atom. The summed E-state index contributed by atoms with van der Waals surface area (Å²) in [7, 11) is 0.291. The van der Waals surface area contributed by atoms with Gasteiger partial charge in [-0.15, -0.1) is 0 Å². The molecule has 0 bridgehead atoms. The topological polar surface area (TPSA) is 102 Å². The average molecular weight is 420 g/mol. The number of pyridine rings is 1. The molecule has 2 heterocycles. The van der Waals surface area contributed by atoms with Crippen molar-refractivity contribution in [3.8, 4) is 5.75 Å². The highest BCUT2D eigenvalue weighted by Gasteiger charge is 2.47. The molecular formula is C20H26FN5O2S. The van der Waals surface area contributed by atoms with Crippen molar-refractivity contribution >= 4 is 27.1 Å². The summed E-state index contributed by atoms with van der Waals surface area (Å²) in [5.74, 6) is 0.861. The maximum absolute atomic E-state index is 14.9. The predicted octanol–water partition coefficient (Wildman–Crippen LogP) is 3.44. The monoisotopic (exact) mass is 419 g/mol. The number of aromatic nitrogens is 1. The molecule has 0 amide bonds. The molecule has 1 aliphatic rings. The van der Waals surface area contributed by atoms with Gasteiger partial charge in [0.15, 0.2) is 11.6 Å². The highest BCUT2D eigenvalue weighted by Crippen LogP contribution is 2.40. The lowest BCUT2D eigenvalue weighted by molar-refractivity contribution is 0.415. The van der Waals surface area contributed by atoms with Crippen molar-refractivity contribution in [2.45, 2.75) is 31.1 Å². The summed E-state index contributed by atoms with van der Waals surface area (Å²) >= 11 is 0. The number of ether oxygens (including phenoxy) is 1. The summed E-state index contributed by atoms with van der Waals surface area (Å²) in [4.78, 5) is 8.83. The number of benzene rings is 1. The molecule has 29 heavy (non-hydrogen) atoms. The first-order chi connectivity index (χ1) is 13.6. The Morgan fingerprint density at radius 2 is 2.03 bits per heavy atom. The molecule has 156 valence electrons. The Hall–Kier alpha value is -2.68. The molecular weight excluding hydrogens is 393 g/mol. The number of anilines is 2. The van der Waals surface area contributed by atoms with Crippen LogP contribution in [-0.4, -0.2) is 39.7 Å². The van der Waals surface area contributed by atoms with Gasteiger partial charge >= 0.3 is 0 Å². The molecule has 1 aromatic carbocycles. The molecule has 7 nitrogen and oxygen atoms in total. The van der Waals surface area contributed by atoms with Crippen molar-refractivity contribution in [3.05, 3.63) is 47.9 Å². The van der Waals surface area contributed by atoms with E-state index < -0.39 is 25.8 Å². The second-order valence-electron chi connectivity index (χ2n) is 7.62. The van der Waals surface area contributed by atoms with Gasteiger partial charge in [-0.2, -0.15) is 0 Å². The molecule has 2 aromatic rings. The van der Waals surface area contributed by atoms with Crippen molar-refractivity contribution in [1.82, 2.24) is 4.98 Å². The van der Waals surface area contributed by atoms with E-state index in [-0.39, 0.29) is 17.2 Å². The minimum Gasteiger partial charge on any atom is -0.493 e. The maximum Gasteiger partial charge on any atom is 0.173 e. The third kappa shape index (κ3) is 3.55. The first-order valence-corrected chi connectivity index (χ1v) is 10.8. The first-order valence-electron chi connectivity index (χ1n) is 9.11. The lowest BCUT2D eigenvalue weighted by Crippen LogP contribution is -2.54. The zero-order chi connectivity index (χ0) is 21.4. The largest absolute Gasteiger partial charge is 0.493 e. The van der Waals surface area contributed by atoms with E-state index in [9.17, 15) is 8.60 Å². The molecule has 3 rings (SSSR count). The van der Waals surface area contributed by atoms with Crippen molar-refractivity contribution < 1.29 is 13.3 Å². The number of nitrogens with zero attached hydrogens (tertiary/aromatic N) is 3. The number of hydrogen-bond acceptors (Lipinski definition) is 7. The van der Waals surface area contributed by atoms with Gasteiger partial charge in [-0.05, 0) is 51.1 Å². The Labute approximate surface area is 170 Å². The van der Waals surface area contributed by atoms with Gasteiger partial charge in [-0.25, -0.2) is 17.9 Å². The minimum atomic E-state index is -2.76. The summed E-state index contributed by atoms with van der Waals surface area (Å²) in [5.41, 5.74) is 5.93. The summed E-state index contributed by atoms with van der Waals surface area (Å²) in [5, 5.41) is 3.13. The molecule has 0 saturated carbocycles. The van der Waals surface area contributed by atoms with Crippen molar-refractivity contribution in [3.63, 3.8) is 0 Å². The number of halogens is 1. The van der Waals surface area contributed by atoms with Gasteiger partial charge in [0, 0.05) is 24.5 Å². The third-order valence-corrected chi connectivity index (χ3v) is 8.70. The van der Waals surface area contributed by atoms with Crippen LogP contribution in [0.25, 0.3) is 0 Å². The summed E-state index contributed by atoms with van der Waals surface area (Å²) < 4.78 is 36.9. The van der Waals surface area contributed by atoms with E-state index in [0.29, 0.717) is 17.3 Å². The van der Waals surface area contributed by atoms with Gasteiger partial charge in [0.05, 0.1) is 22.6 Å². The number of methoxy groups -OCH3 is 1. The summed E-state index contributed by atoms with van der Waals surface area (Å²) in [6, 6.07) is 8.10. The molecule has 0 aliphatic carbocycles. The lowest BCUT2D eigenvalue weighted by Gasteiger charge is -2.40. The number of nitrogens with two attached hydrogens (primary N) is 1. The van der Waals surface area contributed by atoms with Gasteiger partial charge in [0.1, 0.15) is 21.9 Å². The number of hydrogen-bond donors (Lipinski definition) is 2. The van der Waals surface area contributed by atoms with Gasteiger partial charge in [0.25, 0.3) is 0 Å². The fourth-order valence-corrected chi connectivity index (χ4v) is 5.69. The van der Waals surface area contributed by atoms with E-state index in [1.54, 1.807) is 58.3 Å². The quantitative estimate of drug-likeness (QED) is 0.790. The molecule has 1 aliphatic heterocycles. The van der Waals surface area contributed by atoms with Crippen LogP contribution < -0.4 is 15.8 Å². The summed E-state index contributed by atoms with van der Waals surface area (Å²) in [6.45, 7) is 5.23. The van der Waals surface area contributed by atoms with Crippen LogP contribution in [0.4, 0.5) is 15.9 Å². The zero-order valence-corrected chi connectivity index (χ0v) is 18.0. The number of rotatable bonds is 4. The Balaban J connectivity index is 2.09. The smallest absolute Gasteiger partial charge is 0.173 e. The van der Waals surface area contributed by atoms with Gasteiger partial charge in [-0.3, -0.25) is 4.99 Å². The van der Waals surface area contributed by atoms with E-state index in [1.165, 1.54) is 13.1 Å². The van der Waals surface area contributed by atoms with Crippen LogP contribution in [0.5, 0.6) is 5.75 Å². The first kappa shape index (κ1) is 21.0. The van der Waals surface area contributed by atoms with Crippen LogP contribution in [0, 0.1) is 5.82 Å².